The van der Waals surface area contributed by atoms with Crippen LogP contribution in [0.5, 0.6) is 0 Å². The number of rotatable bonds is 7. The molecule has 27 heavy (non-hydrogen) atoms. The third-order valence-corrected chi connectivity index (χ3v) is 4.78. The normalized spacial score (nSPS) is 15.1. The summed E-state index contributed by atoms with van der Waals surface area (Å²) in [4.78, 5) is 25.6. The molecule has 1 fully saturated rings. The van der Waals surface area contributed by atoms with Crippen molar-refractivity contribution in [3.63, 3.8) is 0 Å². The molecule has 1 unspecified atom stereocenters. The van der Waals surface area contributed by atoms with Gasteiger partial charge in [-0.2, -0.15) is 0 Å². The van der Waals surface area contributed by atoms with E-state index in [-0.39, 0.29) is 17.7 Å². The Morgan fingerprint density at radius 2 is 1.93 bits per heavy atom. The van der Waals surface area contributed by atoms with Crippen LogP contribution in [-0.4, -0.2) is 48.1 Å². The maximum atomic E-state index is 13.0. The smallest absolute Gasteiger partial charge is 0.292 e. The van der Waals surface area contributed by atoms with Crippen molar-refractivity contribution >= 4 is 17.3 Å². The molecule has 0 aromatic heterocycles. The molecular weight excluding hydrogens is 346 g/mol. The number of nitrogens with one attached hydrogen (secondary N) is 1. The van der Waals surface area contributed by atoms with Gasteiger partial charge in [0.05, 0.1) is 11.0 Å². The Hall–Kier alpha value is -2.93. The number of likely N-dealkylation sites (tertiary alicyclic amines) is 1. The van der Waals surface area contributed by atoms with Gasteiger partial charge in [-0.3, -0.25) is 14.9 Å². The van der Waals surface area contributed by atoms with Gasteiger partial charge in [0.15, 0.2) is 0 Å². The lowest BCUT2D eigenvalue weighted by molar-refractivity contribution is -0.384. The molecule has 2 aromatic rings. The molecule has 1 heterocycles. The van der Waals surface area contributed by atoms with Crippen LogP contribution in [0, 0.1) is 17.0 Å². The number of nitro groups is 1. The first kappa shape index (κ1) is 18.8. The van der Waals surface area contributed by atoms with Gasteiger partial charge in [0.1, 0.15) is 11.7 Å². The van der Waals surface area contributed by atoms with Crippen molar-refractivity contribution < 1.29 is 14.5 Å². The largest absolute Gasteiger partial charge is 0.378 e. The molecule has 0 bridgehead atoms. The molecular formula is C20H23N3O4. The van der Waals surface area contributed by atoms with E-state index in [9.17, 15) is 14.9 Å². The first-order chi connectivity index (χ1) is 13.0. The third kappa shape index (κ3) is 4.43. The summed E-state index contributed by atoms with van der Waals surface area (Å²) in [7, 11) is 1.63. The highest BCUT2D eigenvalue weighted by Gasteiger charge is 2.35. The Morgan fingerprint density at radius 1 is 1.26 bits per heavy atom. The van der Waals surface area contributed by atoms with Crippen molar-refractivity contribution in [3.05, 3.63) is 69.8 Å². The van der Waals surface area contributed by atoms with E-state index in [1.807, 2.05) is 31.2 Å². The zero-order chi connectivity index (χ0) is 19.4. The van der Waals surface area contributed by atoms with Crippen LogP contribution >= 0.6 is 0 Å². The van der Waals surface area contributed by atoms with Gasteiger partial charge in [-0.1, -0.05) is 42.0 Å². The van der Waals surface area contributed by atoms with E-state index in [1.54, 1.807) is 30.2 Å². The molecule has 142 valence electrons. The van der Waals surface area contributed by atoms with Crippen LogP contribution in [0.3, 0.4) is 0 Å². The summed E-state index contributed by atoms with van der Waals surface area (Å²) in [5, 5.41) is 14.4. The number of ether oxygens (including phenoxy) is 1. The summed E-state index contributed by atoms with van der Waals surface area (Å²) in [6.45, 7) is 3.08. The summed E-state index contributed by atoms with van der Waals surface area (Å²) in [6, 6.07) is 13.7. The summed E-state index contributed by atoms with van der Waals surface area (Å²) >= 11 is 0. The van der Waals surface area contributed by atoms with Crippen LogP contribution in [0.1, 0.15) is 11.1 Å². The lowest BCUT2D eigenvalue weighted by atomic mass is 10.0. The van der Waals surface area contributed by atoms with E-state index >= 15 is 0 Å². The minimum Gasteiger partial charge on any atom is -0.378 e. The molecule has 0 radical (unpaired) electrons. The summed E-state index contributed by atoms with van der Waals surface area (Å²) in [5.41, 5.74) is 2.43. The van der Waals surface area contributed by atoms with Crippen molar-refractivity contribution in [2.45, 2.75) is 25.5 Å². The number of methoxy groups -OCH3 is 1. The quantitative estimate of drug-likeness (QED) is 0.599. The van der Waals surface area contributed by atoms with E-state index < -0.39 is 11.0 Å². The second-order valence-electron chi connectivity index (χ2n) is 6.76. The number of carbonyl (C=O) groups is 1. The lowest BCUT2D eigenvalue weighted by Gasteiger charge is -2.40. The number of para-hydroxylation sites is 2. The molecule has 3 rings (SSSR count). The fourth-order valence-corrected chi connectivity index (χ4v) is 3.09. The number of benzene rings is 2. The molecule has 1 aliphatic heterocycles. The highest BCUT2D eigenvalue weighted by atomic mass is 16.6. The Labute approximate surface area is 158 Å². The Morgan fingerprint density at radius 3 is 2.56 bits per heavy atom. The standard InChI is InChI=1S/C20H23N3O4/c1-14-7-9-15(10-8-14)11-18(20(24)22-12-16(13-22)27-2)21-17-5-3-4-6-19(17)23(25)26/h3-10,16,18,21H,11-13H2,1-2H3. The molecule has 0 spiro atoms. The van der Waals surface area contributed by atoms with Crippen LogP contribution in [0.2, 0.25) is 0 Å². The molecule has 2 aromatic carbocycles. The van der Waals surface area contributed by atoms with E-state index in [1.165, 1.54) is 6.07 Å². The fourth-order valence-electron chi connectivity index (χ4n) is 3.09. The Bertz CT molecular complexity index is 816. The highest BCUT2D eigenvalue weighted by molar-refractivity contribution is 5.86. The first-order valence-corrected chi connectivity index (χ1v) is 8.85. The number of aryl methyl sites for hydroxylation is 1. The summed E-state index contributed by atoms with van der Waals surface area (Å²) in [6.07, 6.45) is 0.499. The average Bonchev–Trinajstić information content (AvgIpc) is 2.62. The van der Waals surface area contributed by atoms with Crippen LogP contribution in [0.4, 0.5) is 11.4 Å². The van der Waals surface area contributed by atoms with E-state index in [0.29, 0.717) is 25.2 Å². The van der Waals surface area contributed by atoms with Crippen molar-refractivity contribution in [1.29, 1.82) is 0 Å². The lowest BCUT2D eigenvalue weighted by Crippen LogP contribution is -2.58. The van der Waals surface area contributed by atoms with Crippen molar-refractivity contribution in [2.24, 2.45) is 0 Å². The number of anilines is 1. The predicted octanol–water partition coefficient (Wildman–Crippen LogP) is 2.78. The Balaban J connectivity index is 1.82. The molecule has 1 aliphatic rings. The number of amides is 1. The molecule has 1 saturated heterocycles. The molecule has 7 heteroatoms. The zero-order valence-electron chi connectivity index (χ0n) is 15.4. The number of carbonyl (C=O) groups excluding carboxylic acids is 1. The second kappa shape index (κ2) is 8.18. The van der Waals surface area contributed by atoms with Gasteiger partial charge in [0.2, 0.25) is 5.91 Å². The number of nitro benzene ring substituents is 1. The molecule has 1 atom stereocenters. The van der Waals surface area contributed by atoms with Gasteiger partial charge in [0.25, 0.3) is 5.69 Å². The highest BCUT2D eigenvalue weighted by Crippen LogP contribution is 2.26. The topological polar surface area (TPSA) is 84.7 Å². The van der Waals surface area contributed by atoms with Crippen LogP contribution in [-0.2, 0) is 16.0 Å². The van der Waals surface area contributed by atoms with Crippen LogP contribution < -0.4 is 5.32 Å². The monoisotopic (exact) mass is 369 g/mol. The summed E-state index contributed by atoms with van der Waals surface area (Å²) < 4.78 is 5.24. The third-order valence-electron chi connectivity index (χ3n) is 4.78. The van der Waals surface area contributed by atoms with Crippen molar-refractivity contribution in [3.8, 4) is 0 Å². The van der Waals surface area contributed by atoms with Gasteiger partial charge in [-0.05, 0) is 18.6 Å². The van der Waals surface area contributed by atoms with E-state index in [4.69, 9.17) is 4.74 Å². The van der Waals surface area contributed by atoms with Crippen molar-refractivity contribution in [2.75, 3.05) is 25.5 Å². The molecule has 0 aliphatic carbocycles. The SMILES string of the molecule is COC1CN(C(=O)C(Cc2ccc(C)cc2)Nc2ccccc2[N+](=O)[O-])C1. The van der Waals surface area contributed by atoms with Gasteiger partial charge < -0.3 is 15.0 Å². The minimum absolute atomic E-state index is 0.0439. The molecule has 1 amide bonds. The number of hydrogen-bond acceptors (Lipinski definition) is 5. The molecule has 1 N–H and O–H groups in total. The van der Waals surface area contributed by atoms with Crippen LogP contribution in [0.25, 0.3) is 0 Å². The fraction of sp³-hybridized carbons (Fsp3) is 0.350. The molecule has 0 saturated carbocycles. The van der Waals surface area contributed by atoms with Gasteiger partial charge in [0, 0.05) is 32.7 Å². The summed E-state index contributed by atoms with van der Waals surface area (Å²) in [5.74, 6) is -0.0815. The van der Waals surface area contributed by atoms with Gasteiger partial charge in [-0.15, -0.1) is 0 Å². The number of hydrogen-bond donors (Lipinski definition) is 1. The first-order valence-electron chi connectivity index (χ1n) is 8.85. The van der Waals surface area contributed by atoms with E-state index in [0.717, 1.165) is 11.1 Å². The molecule has 7 nitrogen and oxygen atoms in total. The minimum atomic E-state index is -0.591. The maximum Gasteiger partial charge on any atom is 0.292 e. The van der Waals surface area contributed by atoms with Crippen molar-refractivity contribution in [1.82, 2.24) is 4.90 Å². The van der Waals surface area contributed by atoms with E-state index in [2.05, 4.69) is 5.32 Å². The average molecular weight is 369 g/mol. The Kier molecular flexibility index (Phi) is 5.71. The zero-order valence-corrected chi connectivity index (χ0v) is 15.4. The van der Waals surface area contributed by atoms with Gasteiger partial charge >= 0.3 is 0 Å². The van der Waals surface area contributed by atoms with Crippen LogP contribution in [0.15, 0.2) is 48.5 Å². The maximum absolute atomic E-state index is 13.0. The predicted molar refractivity (Wildman–Crippen MR) is 103 cm³/mol. The van der Waals surface area contributed by atoms with Gasteiger partial charge in [-0.25, -0.2) is 0 Å². The number of nitrogens with zero attached hydrogens (tertiary/aromatic N) is 2. The second-order valence-corrected chi connectivity index (χ2v) is 6.76.